The number of carbonyl (C=O) groups is 3. The fraction of sp³-hybridized carbons (Fsp3) is 0.633. The largest absolute Gasteiger partial charge is 0.465 e. The van der Waals surface area contributed by atoms with E-state index in [4.69, 9.17) is 22.0 Å². The molecular formula is C30H50N6O4. The first-order chi connectivity index (χ1) is 19.0. The number of anilines is 1. The molecule has 0 radical (unpaired) electrons. The van der Waals surface area contributed by atoms with Crippen molar-refractivity contribution in [2.45, 2.75) is 77.8 Å². The SMILES string of the molecule is CC1CCCN(C)C(C)C(NC=O)C(CCCCN(N)/C=C(\N)c2cccc(N)c2)COC(=O)C(C)C(=O)CC1. The van der Waals surface area contributed by atoms with E-state index in [1.165, 1.54) is 0 Å². The molecule has 0 spiro atoms. The number of ketones is 1. The van der Waals surface area contributed by atoms with Crippen LogP contribution in [0.15, 0.2) is 30.5 Å². The number of likely N-dealkylation sites (N-methyl/N-ethyl adjacent to an activating group) is 1. The molecule has 5 atom stereocenters. The van der Waals surface area contributed by atoms with Gasteiger partial charge >= 0.3 is 5.97 Å². The van der Waals surface area contributed by atoms with Crippen LogP contribution in [0.1, 0.15) is 71.3 Å². The van der Waals surface area contributed by atoms with Crippen LogP contribution in [0.25, 0.3) is 5.70 Å². The summed E-state index contributed by atoms with van der Waals surface area (Å²) in [5.41, 5.74) is 14.0. The first kappa shape index (κ1) is 33.1. The number of unbranched alkanes of at least 4 members (excludes halogenated alkanes) is 1. The average Bonchev–Trinajstić information content (AvgIpc) is 2.93. The van der Waals surface area contributed by atoms with Gasteiger partial charge in [0.2, 0.25) is 6.41 Å². The van der Waals surface area contributed by atoms with Gasteiger partial charge in [0.15, 0.2) is 0 Å². The topological polar surface area (TPSA) is 157 Å². The second-order valence-electron chi connectivity index (χ2n) is 11.3. The van der Waals surface area contributed by atoms with Crippen LogP contribution in [0.3, 0.4) is 0 Å². The van der Waals surface area contributed by atoms with Crippen LogP contribution >= 0.6 is 0 Å². The van der Waals surface area contributed by atoms with Gasteiger partial charge in [-0.25, -0.2) is 5.84 Å². The molecule has 0 aromatic heterocycles. The van der Waals surface area contributed by atoms with Crippen molar-refractivity contribution in [3.8, 4) is 0 Å². The number of nitrogens with zero attached hydrogens (tertiary/aromatic N) is 2. The summed E-state index contributed by atoms with van der Waals surface area (Å²) in [7, 11) is 2.06. The highest BCUT2D eigenvalue weighted by molar-refractivity contribution is 5.98. The second kappa shape index (κ2) is 16.9. The third-order valence-corrected chi connectivity index (χ3v) is 8.12. The molecule has 0 saturated carbocycles. The molecule has 1 aliphatic heterocycles. The molecule has 1 aromatic rings. The van der Waals surface area contributed by atoms with E-state index in [1.54, 1.807) is 30.3 Å². The zero-order valence-electron chi connectivity index (χ0n) is 24.7. The Morgan fingerprint density at radius 1 is 1.20 bits per heavy atom. The molecule has 1 heterocycles. The summed E-state index contributed by atoms with van der Waals surface area (Å²) >= 11 is 0. The molecule has 1 aromatic carbocycles. The number of rotatable bonds is 9. The number of nitrogens with one attached hydrogen (secondary N) is 1. The van der Waals surface area contributed by atoms with Crippen molar-refractivity contribution in [3.63, 3.8) is 0 Å². The first-order valence-electron chi connectivity index (χ1n) is 14.5. The van der Waals surface area contributed by atoms with Gasteiger partial charge in [-0.2, -0.15) is 0 Å². The van der Waals surface area contributed by atoms with Crippen LogP contribution in [-0.2, 0) is 19.1 Å². The minimum Gasteiger partial charge on any atom is -0.465 e. The minimum atomic E-state index is -0.793. The molecule has 5 unspecified atom stereocenters. The second-order valence-corrected chi connectivity index (χ2v) is 11.3. The number of hydrogen-bond acceptors (Lipinski definition) is 9. The van der Waals surface area contributed by atoms with E-state index in [2.05, 4.69) is 31.1 Å². The van der Waals surface area contributed by atoms with E-state index in [-0.39, 0.29) is 30.4 Å². The number of hydrazine groups is 1. The third-order valence-electron chi connectivity index (χ3n) is 8.12. The summed E-state index contributed by atoms with van der Waals surface area (Å²) in [5.74, 6) is 5.07. The van der Waals surface area contributed by atoms with Crippen LogP contribution < -0.4 is 22.6 Å². The van der Waals surface area contributed by atoms with Crippen LogP contribution in [0, 0.1) is 17.8 Å². The predicted octanol–water partition coefficient (Wildman–Crippen LogP) is 2.88. The van der Waals surface area contributed by atoms with Crippen molar-refractivity contribution in [2.24, 2.45) is 29.3 Å². The van der Waals surface area contributed by atoms with Crippen LogP contribution in [0.4, 0.5) is 5.69 Å². The lowest BCUT2D eigenvalue weighted by Crippen LogP contribution is -2.52. The smallest absolute Gasteiger partial charge is 0.316 e. The number of ether oxygens (including phenoxy) is 1. The van der Waals surface area contributed by atoms with Crippen LogP contribution in [0.5, 0.6) is 0 Å². The van der Waals surface area contributed by atoms with E-state index in [0.29, 0.717) is 36.7 Å². The van der Waals surface area contributed by atoms with E-state index >= 15 is 0 Å². The average molecular weight is 559 g/mol. The fourth-order valence-electron chi connectivity index (χ4n) is 5.21. The van der Waals surface area contributed by atoms with Crippen molar-refractivity contribution in [1.29, 1.82) is 0 Å². The standard InChI is InChI=1S/C30H50N6O4/c1-21-9-8-15-35(4)23(3)29(34-20-37)25(19-40-30(39)22(2)28(38)14-13-21)10-5-6-16-36(33)18-27(32)24-11-7-12-26(31)17-24/h7,11-12,17-18,20-23,25,29H,5-6,8-10,13-16,19,31-33H2,1-4H3,(H,34,37)/b27-18-. The number of nitrogens with two attached hydrogens (primary N) is 3. The monoisotopic (exact) mass is 558 g/mol. The molecule has 0 bridgehead atoms. The zero-order chi connectivity index (χ0) is 29.7. The maximum absolute atomic E-state index is 12.8. The highest BCUT2D eigenvalue weighted by Crippen LogP contribution is 2.23. The summed E-state index contributed by atoms with van der Waals surface area (Å²) in [5, 5.41) is 4.55. The molecular weight excluding hydrogens is 508 g/mol. The number of hydrogen-bond donors (Lipinski definition) is 4. The van der Waals surface area contributed by atoms with E-state index in [9.17, 15) is 14.4 Å². The van der Waals surface area contributed by atoms with Crippen molar-refractivity contribution < 1.29 is 19.1 Å². The Morgan fingerprint density at radius 3 is 2.65 bits per heavy atom. The Bertz CT molecular complexity index is 987. The van der Waals surface area contributed by atoms with Gasteiger partial charge in [0.25, 0.3) is 0 Å². The van der Waals surface area contributed by atoms with Gasteiger partial charge < -0.3 is 31.4 Å². The lowest BCUT2D eigenvalue weighted by Gasteiger charge is -2.36. The maximum atomic E-state index is 12.8. The van der Waals surface area contributed by atoms with Crippen molar-refractivity contribution in [2.75, 3.05) is 32.5 Å². The summed E-state index contributed by atoms with van der Waals surface area (Å²) in [4.78, 5) is 39.3. The van der Waals surface area contributed by atoms with Gasteiger partial charge in [-0.1, -0.05) is 25.5 Å². The predicted molar refractivity (Wildman–Crippen MR) is 159 cm³/mol. The molecule has 10 heteroatoms. The summed E-state index contributed by atoms with van der Waals surface area (Å²) in [6.45, 7) is 7.44. The number of esters is 1. The van der Waals surface area contributed by atoms with Gasteiger partial charge in [-0.3, -0.25) is 14.4 Å². The van der Waals surface area contributed by atoms with Crippen LogP contribution in [-0.4, -0.2) is 66.9 Å². The highest BCUT2D eigenvalue weighted by Gasteiger charge is 2.31. The number of carbonyl (C=O) groups excluding carboxylic acids is 3. The van der Waals surface area contributed by atoms with Gasteiger partial charge in [-0.05, 0) is 77.6 Å². The van der Waals surface area contributed by atoms with E-state index < -0.39 is 11.9 Å². The Balaban J connectivity index is 2.08. The Hall–Kier alpha value is -3.11. The molecule has 1 amide bonds. The maximum Gasteiger partial charge on any atom is 0.316 e. The van der Waals surface area contributed by atoms with E-state index in [0.717, 1.165) is 50.6 Å². The Labute approximate surface area is 239 Å². The fourth-order valence-corrected chi connectivity index (χ4v) is 5.21. The van der Waals surface area contributed by atoms with Crippen molar-refractivity contribution >= 4 is 29.5 Å². The lowest BCUT2D eigenvalue weighted by atomic mass is 9.89. The molecule has 40 heavy (non-hydrogen) atoms. The molecule has 2 rings (SSSR count). The highest BCUT2D eigenvalue weighted by atomic mass is 16.5. The molecule has 0 aliphatic carbocycles. The van der Waals surface area contributed by atoms with Gasteiger partial charge in [0.05, 0.1) is 12.3 Å². The molecule has 1 aliphatic rings. The molecule has 1 fully saturated rings. The molecule has 10 nitrogen and oxygen atoms in total. The van der Waals surface area contributed by atoms with Gasteiger partial charge in [0.1, 0.15) is 11.7 Å². The number of Topliss-reactive ketones (excluding diaryl/α,β-unsaturated/α-hetero) is 1. The number of amides is 1. The third kappa shape index (κ3) is 10.8. The van der Waals surface area contributed by atoms with E-state index in [1.807, 2.05) is 12.1 Å². The molecule has 7 N–H and O–H groups in total. The summed E-state index contributed by atoms with van der Waals surface area (Å²) in [6, 6.07) is 7.11. The normalized spacial score (nSPS) is 26.3. The summed E-state index contributed by atoms with van der Waals surface area (Å²) in [6.07, 6.45) is 7.83. The van der Waals surface area contributed by atoms with Crippen molar-refractivity contribution in [3.05, 3.63) is 36.0 Å². The lowest BCUT2D eigenvalue weighted by molar-refractivity contribution is -0.153. The minimum absolute atomic E-state index is 0.0282. The molecule has 224 valence electrons. The van der Waals surface area contributed by atoms with Gasteiger partial charge in [-0.15, -0.1) is 0 Å². The van der Waals surface area contributed by atoms with Crippen LogP contribution in [0.2, 0.25) is 0 Å². The first-order valence-corrected chi connectivity index (χ1v) is 14.5. The Morgan fingerprint density at radius 2 is 1.95 bits per heavy atom. The Kier molecular flexibility index (Phi) is 14.0. The number of nitrogen functional groups attached to an aromatic ring is 1. The van der Waals surface area contributed by atoms with Gasteiger partial charge in [0, 0.05) is 48.4 Å². The number of cyclic esters (lactones) is 1. The molecule has 1 saturated heterocycles. The quantitative estimate of drug-likeness (QED) is 0.0680. The zero-order valence-corrected chi connectivity index (χ0v) is 24.7. The van der Waals surface area contributed by atoms with Crippen molar-refractivity contribution in [1.82, 2.24) is 15.2 Å². The summed E-state index contributed by atoms with van der Waals surface area (Å²) < 4.78 is 5.68. The number of benzene rings is 1.